The van der Waals surface area contributed by atoms with Gasteiger partial charge >= 0.3 is 6.03 Å². The Bertz CT molecular complexity index is 1060. The lowest BCUT2D eigenvalue weighted by atomic mass is 9.98. The molecular weight excluding hydrogens is 348 g/mol. The number of hydrogen-bond acceptors (Lipinski definition) is 5. The van der Waals surface area contributed by atoms with E-state index in [4.69, 9.17) is 13.9 Å². The highest BCUT2D eigenvalue weighted by molar-refractivity contribution is 6.07. The molecular formula is C20H16N2O5. The van der Waals surface area contributed by atoms with E-state index >= 15 is 0 Å². The first-order chi connectivity index (χ1) is 13.0. The van der Waals surface area contributed by atoms with Crippen molar-refractivity contribution in [3.05, 3.63) is 59.9 Å². The Labute approximate surface area is 154 Å². The molecule has 1 unspecified atom stereocenters. The Morgan fingerprint density at radius 1 is 1.07 bits per heavy atom. The lowest BCUT2D eigenvalue weighted by Gasteiger charge is -2.19. The van der Waals surface area contributed by atoms with Gasteiger partial charge in [0.25, 0.3) is 5.91 Å². The molecule has 0 bridgehead atoms. The van der Waals surface area contributed by atoms with Crippen molar-refractivity contribution in [1.82, 2.24) is 10.2 Å². The van der Waals surface area contributed by atoms with Crippen molar-refractivity contribution in [2.24, 2.45) is 0 Å². The smallest absolute Gasteiger partial charge is 0.325 e. The number of urea groups is 1. The first-order valence-electron chi connectivity index (χ1n) is 8.56. The van der Waals surface area contributed by atoms with Gasteiger partial charge in [-0.15, -0.1) is 0 Å². The van der Waals surface area contributed by atoms with E-state index in [0.29, 0.717) is 22.8 Å². The van der Waals surface area contributed by atoms with Gasteiger partial charge in [-0.25, -0.2) is 4.79 Å². The number of nitrogens with one attached hydrogen (secondary N) is 1. The Balaban J connectivity index is 1.45. The Kier molecular flexibility index (Phi) is 3.21. The normalized spacial score (nSPS) is 21.1. The van der Waals surface area contributed by atoms with Gasteiger partial charge in [0.1, 0.15) is 11.3 Å². The molecule has 136 valence electrons. The summed E-state index contributed by atoms with van der Waals surface area (Å²) in [5.74, 6) is 1.32. The molecule has 7 nitrogen and oxygen atoms in total. The van der Waals surface area contributed by atoms with Crippen molar-refractivity contribution >= 4 is 22.9 Å². The zero-order valence-electron chi connectivity index (χ0n) is 14.5. The molecule has 3 heterocycles. The van der Waals surface area contributed by atoms with Crippen LogP contribution < -0.4 is 14.8 Å². The van der Waals surface area contributed by atoms with Crippen LogP contribution in [0.4, 0.5) is 4.79 Å². The molecule has 2 aliphatic rings. The van der Waals surface area contributed by atoms with E-state index in [9.17, 15) is 9.59 Å². The first-order valence-corrected chi connectivity index (χ1v) is 8.56. The van der Waals surface area contributed by atoms with Crippen molar-refractivity contribution < 1.29 is 23.5 Å². The van der Waals surface area contributed by atoms with Crippen molar-refractivity contribution in [2.75, 3.05) is 6.79 Å². The highest BCUT2D eigenvalue weighted by Gasteiger charge is 2.51. The molecule has 1 saturated heterocycles. The highest BCUT2D eigenvalue weighted by Crippen LogP contribution is 2.36. The molecule has 3 aromatic rings. The number of para-hydroxylation sites is 1. The summed E-state index contributed by atoms with van der Waals surface area (Å²) in [6, 6.07) is 14.2. The molecule has 2 aliphatic heterocycles. The fourth-order valence-electron chi connectivity index (χ4n) is 3.46. The standard InChI is InChI=1S/C20H16N2O5/c1-20(17-9-13-4-2-3-5-14(13)27-17)18(23)22(19(24)21-20)10-12-6-7-15-16(8-12)26-11-25-15/h2-9H,10-11H2,1H3,(H,21,24). The second-order valence-corrected chi connectivity index (χ2v) is 6.78. The van der Waals surface area contributed by atoms with Gasteiger partial charge < -0.3 is 19.2 Å². The summed E-state index contributed by atoms with van der Waals surface area (Å²) in [5, 5.41) is 3.65. The molecule has 1 fully saturated rings. The van der Waals surface area contributed by atoms with E-state index in [-0.39, 0.29) is 19.2 Å². The minimum atomic E-state index is -1.24. The molecule has 1 aromatic heterocycles. The van der Waals surface area contributed by atoms with Crippen LogP contribution >= 0.6 is 0 Å². The summed E-state index contributed by atoms with van der Waals surface area (Å²) < 4.78 is 16.5. The van der Waals surface area contributed by atoms with Gasteiger partial charge in [-0.05, 0) is 36.8 Å². The summed E-state index contributed by atoms with van der Waals surface area (Å²) in [6.45, 7) is 1.97. The summed E-state index contributed by atoms with van der Waals surface area (Å²) >= 11 is 0. The van der Waals surface area contributed by atoms with Crippen LogP contribution in [-0.4, -0.2) is 23.6 Å². The van der Waals surface area contributed by atoms with Gasteiger partial charge in [-0.1, -0.05) is 24.3 Å². The number of hydrogen-bond donors (Lipinski definition) is 1. The predicted molar refractivity (Wildman–Crippen MR) is 95.2 cm³/mol. The van der Waals surface area contributed by atoms with Gasteiger partial charge in [0.15, 0.2) is 17.0 Å². The zero-order chi connectivity index (χ0) is 18.6. The molecule has 1 atom stereocenters. The van der Waals surface area contributed by atoms with Gasteiger partial charge in [0.2, 0.25) is 6.79 Å². The van der Waals surface area contributed by atoms with Crippen LogP contribution in [0.1, 0.15) is 18.2 Å². The van der Waals surface area contributed by atoms with Crippen LogP contribution in [0.5, 0.6) is 11.5 Å². The van der Waals surface area contributed by atoms with E-state index in [2.05, 4.69) is 5.32 Å². The Morgan fingerprint density at radius 3 is 2.74 bits per heavy atom. The van der Waals surface area contributed by atoms with E-state index in [1.165, 1.54) is 4.90 Å². The molecule has 7 heteroatoms. The van der Waals surface area contributed by atoms with Gasteiger partial charge in [0, 0.05) is 5.39 Å². The fraction of sp³-hybridized carbons (Fsp3) is 0.200. The number of rotatable bonds is 3. The van der Waals surface area contributed by atoms with Crippen LogP contribution in [0.15, 0.2) is 52.9 Å². The molecule has 2 aromatic carbocycles. The zero-order valence-corrected chi connectivity index (χ0v) is 14.5. The van der Waals surface area contributed by atoms with Gasteiger partial charge in [0.05, 0.1) is 6.54 Å². The maximum atomic E-state index is 13.1. The van der Waals surface area contributed by atoms with Crippen molar-refractivity contribution in [3.8, 4) is 11.5 Å². The summed E-state index contributed by atoms with van der Waals surface area (Å²) in [5.41, 5.74) is 0.202. The largest absolute Gasteiger partial charge is 0.458 e. The maximum Gasteiger partial charge on any atom is 0.325 e. The van der Waals surface area contributed by atoms with Crippen molar-refractivity contribution in [1.29, 1.82) is 0 Å². The molecule has 1 N–H and O–H groups in total. The van der Waals surface area contributed by atoms with Crippen LogP contribution in [-0.2, 0) is 16.9 Å². The number of benzene rings is 2. The summed E-state index contributed by atoms with van der Waals surface area (Å²) in [4.78, 5) is 26.8. The second kappa shape index (κ2) is 5.51. The average Bonchev–Trinajstić information content (AvgIpc) is 3.35. The minimum Gasteiger partial charge on any atom is -0.458 e. The quantitative estimate of drug-likeness (QED) is 0.722. The number of imide groups is 1. The number of carbonyl (C=O) groups is 2. The number of furan rings is 1. The second-order valence-electron chi connectivity index (χ2n) is 6.78. The van der Waals surface area contributed by atoms with Gasteiger partial charge in [-0.2, -0.15) is 0 Å². The Morgan fingerprint density at radius 2 is 1.89 bits per heavy atom. The Hall–Kier alpha value is -3.48. The molecule has 27 heavy (non-hydrogen) atoms. The molecule has 3 amide bonds. The fourth-order valence-corrected chi connectivity index (χ4v) is 3.46. The number of fused-ring (bicyclic) bond motifs is 2. The minimum absolute atomic E-state index is 0.136. The topological polar surface area (TPSA) is 81.0 Å². The number of ether oxygens (including phenoxy) is 2. The lowest BCUT2D eigenvalue weighted by molar-refractivity contribution is -0.132. The molecule has 0 saturated carbocycles. The van der Waals surface area contributed by atoms with E-state index < -0.39 is 11.6 Å². The maximum absolute atomic E-state index is 13.1. The molecule has 0 radical (unpaired) electrons. The van der Waals surface area contributed by atoms with E-state index in [1.54, 1.807) is 25.1 Å². The summed E-state index contributed by atoms with van der Waals surface area (Å²) in [6.07, 6.45) is 0. The van der Waals surface area contributed by atoms with E-state index in [0.717, 1.165) is 10.9 Å². The number of amides is 3. The van der Waals surface area contributed by atoms with E-state index in [1.807, 2.05) is 30.3 Å². The molecule has 0 spiro atoms. The average molecular weight is 364 g/mol. The van der Waals surface area contributed by atoms with Gasteiger partial charge in [-0.3, -0.25) is 9.69 Å². The molecule has 0 aliphatic carbocycles. The van der Waals surface area contributed by atoms with Crippen LogP contribution in [0, 0.1) is 0 Å². The first kappa shape index (κ1) is 15.7. The third-order valence-electron chi connectivity index (χ3n) is 4.97. The number of carbonyl (C=O) groups excluding carboxylic acids is 2. The summed E-state index contributed by atoms with van der Waals surface area (Å²) in [7, 11) is 0. The highest BCUT2D eigenvalue weighted by atomic mass is 16.7. The molecule has 5 rings (SSSR count). The van der Waals surface area contributed by atoms with Crippen LogP contribution in [0.2, 0.25) is 0 Å². The van der Waals surface area contributed by atoms with Crippen molar-refractivity contribution in [2.45, 2.75) is 19.0 Å². The predicted octanol–water partition coefficient (Wildman–Crippen LogP) is 3.13. The SMILES string of the molecule is CC1(c2cc3ccccc3o2)NC(=O)N(Cc2ccc3c(c2)OCO3)C1=O. The van der Waals surface area contributed by atoms with Crippen LogP contribution in [0.25, 0.3) is 11.0 Å². The third-order valence-corrected chi connectivity index (χ3v) is 4.97. The number of nitrogens with zero attached hydrogens (tertiary/aromatic N) is 1. The monoisotopic (exact) mass is 364 g/mol. The van der Waals surface area contributed by atoms with Crippen LogP contribution in [0.3, 0.4) is 0 Å². The van der Waals surface area contributed by atoms with Crippen molar-refractivity contribution in [3.63, 3.8) is 0 Å². The third kappa shape index (κ3) is 2.35. The lowest BCUT2D eigenvalue weighted by Crippen LogP contribution is -2.40.